The summed E-state index contributed by atoms with van der Waals surface area (Å²) in [7, 11) is 0. The van der Waals surface area contributed by atoms with E-state index in [1.165, 1.54) is 6.20 Å². The molecule has 1 fully saturated rings. The minimum Gasteiger partial charge on any atom is -0.480 e. The minimum atomic E-state index is -1.20. The molecule has 6 heteroatoms. The molecule has 0 saturated heterocycles. The van der Waals surface area contributed by atoms with Gasteiger partial charge in [0.25, 0.3) is 5.91 Å². The highest BCUT2D eigenvalue weighted by molar-refractivity contribution is 5.98. The average Bonchev–Trinajstić information content (AvgIpc) is 2.89. The zero-order chi connectivity index (χ0) is 18.6. The van der Waals surface area contributed by atoms with Crippen LogP contribution in [0.5, 0.6) is 0 Å². The Morgan fingerprint density at radius 3 is 2.31 bits per heavy atom. The summed E-state index contributed by atoms with van der Waals surface area (Å²) in [5, 5.41) is 12.5. The van der Waals surface area contributed by atoms with E-state index in [9.17, 15) is 14.7 Å². The monoisotopic (exact) mass is 353 g/mol. The third kappa shape index (κ3) is 3.74. The fraction of sp³-hybridized carbons (Fsp3) is 0.400. The van der Waals surface area contributed by atoms with Gasteiger partial charge in [-0.2, -0.15) is 0 Å². The highest BCUT2D eigenvalue weighted by Crippen LogP contribution is 2.28. The van der Waals surface area contributed by atoms with Gasteiger partial charge in [-0.05, 0) is 19.8 Å². The number of rotatable bonds is 4. The second-order valence-corrected chi connectivity index (χ2v) is 6.81. The maximum Gasteiger partial charge on any atom is 0.329 e. The second-order valence-electron chi connectivity index (χ2n) is 6.81. The molecule has 1 amide bonds. The molecule has 1 aliphatic carbocycles. The van der Waals surface area contributed by atoms with Crippen molar-refractivity contribution in [3.63, 3.8) is 0 Å². The largest absolute Gasteiger partial charge is 0.480 e. The number of aromatic nitrogens is 2. The van der Waals surface area contributed by atoms with Crippen molar-refractivity contribution in [3.05, 3.63) is 47.8 Å². The van der Waals surface area contributed by atoms with Crippen molar-refractivity contribution >= 4 is 11.9 Å². The third-order valence-electron chi connectivity index (χ3n) is 4.98. The van der Waals surface area contributed by atoms with E-state index in [1.54, 1.807) is 6.92 Å². The summed E-state index contributed by atoms with van der Waals surface area (Å²) >= 11 is 0. The van der Waals surface area contributed by atoms with Crippen molar-refractivity contribution in [1.82, 2.24) is 15.3 Å². The Morgan fingerprint density at radius 1 is 1.08 bits per heavy atom. The van der Waals surface area contributed by atoms with Gasteiger partial charge in [0, 0.05) is 11.8 Å². The Kier molecular flexibility index (Phi) is 5.30. The Morgan fingerprint density at radius 2 is 1.73 bits per heavy atom. The predicted octanol–water partition coefficient (Wildman–Crippen LogP) is 3.36. The van der Waals surface area contributed by atoms with Crippen LogP contribution >= 0.6 is 0 Å². The van der Waals surface area contributed by atoms with E-state index in [1.807, 2.05) is 30.3 Å². The van der Waals surface area contributed by atoms with Gasteiger partial charge in [0.2, 0.25) is 0 Å². The molecule has 0 atom stereocenters. The van der Waals surface area contributed by atoms with E-state index in [4.69, 9.17) is 0 Å². The number of carboxylic acids is 1. The van der Waals surface area contributed by atoms with Gasteiger partial charge in [-0.1, -0.05) is 56.0 Å². The number of carbonyl (C=O) groups excluding carboxylic acids is 1. The fourth-order valence-electron chi connectivity index (χ4n) is 3.43. The van der Waals surface area contributed by atoms with Crippen molar-refractivity contribution in [2.24, 2.45) is 0 Å². The number of aliphatic carboxylic acids is 1. The van der Waals surface area contributed by atoms with Crippen LogP contribution in [-0.4, -0.2) is 32.5 Å². The number of hydrogen-bond acceptors (Lipinski definition) is 4. The van der Waals surface area contributed by atoms with Crippen LogP contribution in [-0.2, 0) is 4.79 Å². The SMILES string of the molecule is Cc1nc(-c2ccccc2)ncc1C(=O)NC1(C(=O)O)CCCCCC1. The minimum absolute atomic E-state index is 0.314. The molecule has 1 aliphatic rings. The first kappa shape index (κ1) is 18.0. The molecule has 1 saturated carbocycles. The summed E-state index contributed by atoms with van der Waals surface area (Å²) in [6.45, 7) is 1.74. The predicted molar refractivity (Wildman–Crippen MR) is 97.7 cm³/mol. The normalized spacial score (nSPS) is 16.5. The lowest BCUT2D eigenvalue weighted by Gasteiger charge is -2.29. The van der Waals surface area contributed by atoms with Gasteiger partial charge in [-0.3, -0.25) is 4.79 Å². The fourth-order valence-corrected chi connectivity index (χ4v) is 3.43. The third-order valence-corrected chi connectivity index (χ3v) is 4.98. The number of nitrogens with zero attached hydrogens (tertiary/aromatic N) is 2. The number of hydrogen-bond donors (Lipinski definition) is 2. The molecule has 3 rings (SSSR count). The van der Waals surface area contributed by atoms with E-state index in [-0.39, 0.29) is 0 Å². The van der Waals surface area contributed by atoms with Crippen molar-refractivity contribution in [1.29, 1.82) is 0 Å². The molecule has 2 N–H and O–H groups in total. The molecule has 0 aliphatic heterocycles. The van der Waals surface area contributed by atoms with Crippen LogP contribution in [0.4, 0.5) is 0 Å². The Balaban J connectivity index is 1.84. The summed E-state index contributed by atoms with van der Waals surface area (Å²) in [6, 6.07) is 9.52. The van der Waals surface area contributed by atoms with Crippen LogP contribution in [0.15, 0.2) is 36.5 Å². The van der Waals surface area contributed by atoms with Crippen molar-refractivity contribution in [3.8, 4) is 11.4 Å². The topological polar surface area (TPSA) is 92.2 Å². The molecule has 0 radical (unpaired) electrons. The van der Waals surface area contributed by atoms with Crippen LogP contribution in [0.1, 0.15) is 54.6 Å². The van der Waals surface area contributed by atoms with Gasteiger partial charge in [-0.15, -0.1) is 0 Å². The van der Waals surface area contributed by atoms with E-state index in [0.717, 1.165) is 31.2 Å². The maximum atomic E-state index is 12.7. The number of benzene rings is 1. The first-order valence-electron chi connectivity index (χ1n) is 8.97. The first-order chi connectivity index (χ1) is 12.5. The van der Waals surface area contributed by atoms with E-state index in [0.29, 0.717) is 29.9 Å². The molecule has 1 heterocycles. The molecule has 0 spiro atoms. The summed E-state index contributed by atoms with van der Waals surface area (Å²) < 4.78 is 0. The van der Waals surface area contributed by atoms with Crippen LogP contribution in [0, 0.1) is 6.92 Å². The molecule has 136 valence electrons. The first-order valence-corrected chi connectivity index (χ1v) is 8.97. The smallest absolute Gasteiger partial charge is 0.329 e. The van der Waals surface area contributed by atoms with Crippen LogP contribution in [0.2, 0.25) is 0 Å². The zero-order valence-electron chi connectivity index (χ0n) is 14.9. The van der Waals surface area contributed by atoms with Crippen LogP contribution < -0.4 is 5.32 Å². The van der Waals surface area contributed by atoms with E-state index < -0.39 is 17.4 Å². The molecule has 1 aromatic carbocycles. The molecule has 2 aromatic rings. The highest BCUT2D eigenvalue weighted by atomic mass is 16.4. The number of carboxylic acid groups (broad SMARTS) is 1. The highest BCUT2D eigenvalue weighted by Gasteiger charge is 2.40. The van der Waals surface area contributed by atoms with Crippen molar-refractivity contribution in [2.75, 3.05) is 0 Å². The lowest BCUT2D eigenvalue weighted by atomic mass is 9.90. The molecule has 6 nitrogen and oxygen atoms in total. The molecule has 0 unspecified atom stereocenters. The Hall–Kier alpha value is -2.76. The lowest BCUT2D eigenvalue weighted by Crippen LogP contribution is -2.54. The van der Waals surface area contributed by atoms with E-state index >= 15 is 0 Å². The number of aryl methyl sites for hydroxylation is 1. The number of carbonyl (C=O) groups is 2. The maximum absolute atomic E-state index is 12.7. The second kappa shape index (κ2) is 7.64. The van der Waals surface area contributed by atoms with Gasteiger partial charge in [0.05, 0.1) is 11.3 Å². The quantitative estimate of drug-likeness (QED) is 0.822. The molecule has 1 aromatic heterocycles. The molecular formula is C20H23N3O3. The van der Waals surface area contributed by atoms with E-state index in [2.05, 4.69) is 15.3 Å². The zero-order valence-corrected chi connectivity index (χ0v) is 14.9. The average molecular weight is 353 g/mol. The molecule has 0 bridgehead atoms. The summed E-state index contributed by atoms with van der Waals surface area (Å²) in [4.78, 5) is 33.3. The lowest BCUT2D eigenvalue weighted by molar-refractivity contribution is -0.145. The number of amides is 1. The standard InChI is InChI=1S/C20H23N3O3/c1-14-16(13-21-17(22-14)15-9-5-4-6-10-15)18(24)23-20(19(25)26)11-7-2-3-8-12-20/h4-6,9-10,13H,2-3,7-8,11-12H2,1H3,(H,23,24)(H,25,26). The van der Waals surface area contributed by atoms with Gasteiger partial charge in [0.1, 0.15) is 5.54 Å². The van der Waals surface area contributed by atoms with Crippen molar-refractivity contribution in [2.45, 2.75) is 51.0 Å². The Bertz CT molecular complexity index is 797. The number of nitrogens with one attached hydrogen (secondary N) is 1. The van der Waals surface area contributed by atoms with Gasteiger partial charge in [-0.25, -0.2) is 14.8 Å². The van der Waals surface area contributed by atoms with Crippen molar-refractivity contribution < 1.29 is 14.7 Å². The summed E-state index contributed by atoms with van der Waals surface area (Å²) in [6.07, 6.45) is 5.99. The molecule has 26 heavy (non-hydrogen) atoms. The summed E-state index contributed by atoms with van der Waals surface area (Å²) in [5.41, 5.74) is 0.520. The van der Waals surface area contributed by atoms with Crippen LogP contribution in [0.25, 0.3) is 11.4 Å². The van der Waals surface area contributed by atoms with Gasteiger partial charge >= 0.3 is 5.97 Å². The van der Waals surface area contributed by atoms with Gasteiger partial charge < -0.3 is 10.4 Å². The molecular weight excluding hydrogens is 330 g/mol. The van der Waals surface area contributed by atoms with Crippen LogP contribution in [0.3, 0.4) is 0 Å². The Labute approximate surface area is 152 Å². The summed E-state index contributed by atoms with van der Waals surface area (Å²) in [5.74, 6) is -0.847. The van der Waals surface area contributed by atoms with Gasteiger partial charge in [0.15, 0.2) is 5.82 Å².